The normalized spacial score (nSPS) is 22.1. The number of benzene rings is 2. The van der Waals surface area contributed by atoms with Gasteiger partial charge in [-0.2, -0.15) is 0 Å². The molecule has 2 aliphatic heterocycles. The predicted octanol–water partition coefficient (Wildman–Crippen LogP) is 6.64. The molecule has 0 aromatic heterocycles. The minimum Gasteiger partial charge on any atom is -0.299 e. The van der Waals surface area contributed by atoms with Gasteiger partial charge in [0.25, 0.3) is 0 Å². The third kappa shape index (κ3) is 4.88. The number of likely N-dealkylation sites (tertiary alicyclic amines) is 2. The summed E-state index contributed by atoms with van der Waals surface area (Å²) in [6.07, 6.45) is 13.0. The molecule has 4 fully saturated rings. The quantitative estimate of drug-likeness (QED) is 0.416. The summed E-state index contributed by atoms with van der Waals surface area (Å²) in [7, 11) is 0. The maximum absolute atomic E-state index is 14.3. The van der Waals surface area contributed by atoms with Gasteiger partial charge in [-0.1, -0.05) is 49.2 Å². The van der Waals surface area contributed by atoms with Crippen LogP contribution in [0.1, 0.15) is 114 Å². The zero-order chi connectivity index (χ0) is 22.9. The van der Waals surface area contributed by atoms with E-state index in [0.29, 0.717) is 11.8 Å². The highest BCUT2D eigenvalue weighted by molar-refractivity contribution is 6.11. The molecule has 2 aromatic carbocycles. The molecule has 2 aliphatic carbocycles. The van der Waals surface area contributed by atoms with E-state index in [0.717, 1.165) is 24.2 Å². The summed E-state index contributed by atoms with van der Waals surface area (Å²) in [4.78, 5) is 19.5. The molecular formula is C31H40N2O. The zero-order valence-corrected chi connectivity index (χ0v) is 20.7. The first-order chi connectivity index (χ1) is 16.8. The van der Waals surface area contributed by atoms with Crippen molar-refractivity contribution in [3.8, 4) is 0 Å². The van der Waals surface area contributed by atoms with E-state index in [2.05, 4.69) is 46.2 Å². The van der Waals surface area contributed by atoms with Crippen molar-refractivity contribution in [2.45, 2.75) is 89.1 Å². The lowest BCUT2D eigenvalue weighted by molar-refractivity contribution is 0.103. The molecule has 4 aliphatic rings. The first-order valence-electron chi connectivity index (χ1n) is 14.0. The molecule has 180 valence electrons. The highest BCUT2D eigenvalue weighted by Gasteiger charge is 2.32. The van der Waals surface area contributed by atoms with E-state index in [9.17, 15) is 4.79 Å². The zero-order valence-electron chi connectivity index (χ0n) is 20.7. The van der Waals surface area contributed by atoms with Crippen LogP contribution in [0.3, 0.4) is 0 Å². The van der Waals surface area contributed by atoms with Gasteiger partial charge in [0.05, 0.1) is 0 Å². The van der Waals surface area contributed by atoms with Crippen molar-refractivity contribution in [3.63, 3.8) is 0 Å². The van der Waals surface area contributed by atoms with E-state index in [1.54, 1.807) is 0 Å². The topological polar surface area (TPSA) is 23.6 Å². The van der Waals surface area contributed by atoms with Crippen LogP contribution in [0.15, 0.2) is 36.4 Å². The Kier molecular flexibility index (Phi) is 6.58. The van der Waals surface area contributed by atoms with Gasteiger partial charge < -0.3 is 0 Å². The van der Waals surface area contributed by atoms with E-state index in [1.165, 1.54) is 113 Å². The van der Waals surface area contributed by atoms with Crippen LogP contribution in [0, 0.1) is 0 Å². The number of piperidine rings is 2. The molecule has 0 atom stereocenters. The molecule has 2 heterocycles. The Balaban J connectivity index is 1.37. The van der Waals surface area contributed by atoms with Crippen molar-refractivity contribution in [2.75, 3.05) is 26.2 Å². The fourth-order valence-corrected chi connectivity index (χ4v) is 6.37. The van der Waals surface area contributed by atoms with E-state index in [-0.39, 0.29) is 5.78 Å². The molecule has 3 nitrogen and oxygen atoms in total. The van der Waals surface area contributed by atoms with Crippen molar-refractivity contribution in [3.05, 3.63) is 69.8 Å². The summed E-state index contributed by atoms with van der Waals surface area (Å²) < 4.78 is 0. The first-order valence-corrected chi connectivity index (χ1v) is 14.0. The standard InChI is InChI=1S/C31H40N2O/c34-31(27-11-7-9-25(23-13-14-23)29(27)21-32-17-3-1-4-18-32)28-12-8-10-26(24-15-16-24)30(28)22-33-19-5-2-6-20-33/h7-12,23-24H,1-6,13-22H2. The van der Waals surface area contributed by atoms with Crippen molar-refractivity contribution >= 4 is 5.78 Å². The second kappa shape index (κ2) is 9.95. The fraction of sp³-hybridized carbons (Fsp3) is 0.581. The summed E-state index contributed by atoms with van der Waals surface area (Å²) in [5, 5.41) is 0. The Bertz CT molecular complexity index is 942. The van der Waals surface area contributed by atoms with Gasteiger partial charge in [0.2, 0.25) is 0 Å². The Hall–Kier alpha value is -1.97. The van der Waals surface area contributed by atoms with Crippen molar-refractivity contribution in [1.82, 2.24) is 9.80 Å². The minimum atomic E-state index is 0.268. The molecule has 0 unspecified atom stereocenters. The summed E-state index contributed by atoms with van der Waals surface area (Å²) in [6, 6.07) is 13.2. The van der Waals surface area contributed by atoms with Gasteiger partial charge in [0, 0.05) is 24.2 Å². The van der Waals surface area contributed by atoms with Gasteiger partial charge in [-0.05, 0) is 112 Å². The molecular weight excluding hydrogens is 416 g/mol. The lowest BCUT2D eigenvalue weighted by Gasteiger charge is -2.29. The van der Waals surface area contributed by atoms with Crippen molar-refractivity contribution in [2.24, 2.45) is 0 Å². The van der Waals surface area contributed by atoms with Crippen LogP contribution in [-0.2, 0) is 13.1 Å². The molecule has 0 amide bonds. The number of rotatable bonds is 8. The molecule has 34 heavy (non-hydrogen) atoms. The average molecular weight is 457 g/mol. The minimum absolute atomic E-state index is 0.268. The third-order valence-corrected chi connectivity index (χ3v) is 8.61. The van der Waals surface area contributed by atoms with Crippen LogP contribution in [0.5, 0.6) is 0 Å². The summed E-state index contributed by atoms with van der Waals surface area (Å²) in [5.74, 6) is 1.60. The second-order valence-corrected chi connectivity index (χ2v) is 11.3. The second-order valence-electron chi connectivity index (χ2n) is 11.3. The van der Waals surface area contributed by atoms with Crippen molar-refractivity contribution in [1.29, 1.82) is 0 Å². The Morgan fingerprint density at radius 2 is 1.03 bits per heavy atom. The van der Waals surface area contributed by atoms with Crippen LogP contribution in [0.25, 0.3) is 0 Å². The molecule has 2 aromatic rings. The van der Waals surface area contributed by atoms with E-state index in [4.69, 9.17) is 0 Å². The first kappa shape index (κ1) is 22.5. The summed E-state index contributed by atoms with van der Waals surface area (Å²) in [5.41, 5.74) is 7.51. The Labute approximate surface area is 205 Å². The highest BCUT2D eigenvalue weighted by atomic mass is 16.1. The van der Waals surface area contributed by atoms with Crippen LogP contribution in [-0.4, -0.2) is 41.8 Å². The van der Waals surface area contributed by atoms with Crippen LogP contribution in [0.2, 0.25) is 0 Å². The maximum atomic E-state index is 14.3. The van der Waals surface area contributed by atoms with Gasteiger partial charge in [-0.15, -0.1) is 0 Å². The monoisotopic (exact) mass is 456 g/mol. The number of carbonyl (C=O) groups excluding carboxylic acids is 1. The molecule has 6 rings (SSSR count). The van der Waals surface area contributed by atoms with E-state index in [1.807, 2.05) is 0 Å². The van der Waals surface area contributed by atoms with Crippen LogP contribution in [0.4, 0.5) is 0 Å². The van der Waals surface area contributed by atoms with Gasteiger partial charge >= 0.3 is 0 Å². The number of hydrogen-bond donors (Lipinski definition) is 0. The molecule has 2 saturated carbocycles. The summed E-state index contributed by atoms with van der Waals surface area (Å²) in [6.45, 7) is 6.57. The third-order valence-electron chi connectivity index (χ3n) is 8.61. The van der Waals surface area contributed by atoms with Gasteiger partial charge in [0.15, 0.2) is 5.78 Å². The van der Waals surface area contributed by atoms with Crippen LogP contribution >= 0.6 is 0 Å². The molecule has 0 N–H and O–H groups in total. The highest BCUT2D eigenvalue weighted by Crippen LogP contribution is 2.45. The summed E-state index contributed by atoms with van der Waals surface area (Å²) >= 11 is 0. The van der Waals surface area contributed by atoms with E-state index >= 15 is 0 Å². The molecule has 0 spiro atoms. The molecule has 3 heteroatoms. The van der Waals surface area contributed by atoms with Gasteiger partial charge in [-0.25, -0.2) is 0 Å². The number of carbonyl (C=O) groups is 1. The number of hydrogen-bond acceptors (Lipinski definition) is 3. The van der Waals surface area contributed by atoms with Crippen molar-refractivity contribution < 1.29 is 4.79 Å². The van der Waals surface area contributed by atoms with Gasteiger partial charge in [0.1, 0.15) is 0 Å². The van der Waals surface area contributed by atoms with Gasteiger partial charge in [-0.3, -0.25) is 14.6 Å². The fourth-order valence-electron chi connectivity index (χ4n) is 6.37. The maximum Gasteiger partial charge on any atom is 0.193 e. The smallest absolute Gasteiger partial charge is 0.193 e. The Morgan fingerprint density at radius 3 is 1.41 bits per heavy atom. The number of ketones is 1. The molecule has 0 radical (unpaired) electrons. The number of nitrogens with zero attached hydrogens (tertiary/aromatic N) is 2. The Morgan fingerprint density at radius 1 is 0.618 bits per heavy atom. The average Bonchev–Trinajstić information content (AvgIpc) is 3.79. The lowest BCUT2D eigenvalue weighted by atomic mass is 9.88. The SMILES string of the molecule is O=C(c1cccc(C2CC2)c1CN1CCCCC1)c1cccc(C2CC2)c1CN1CCCCC1. The molecule has 2 saturated heterocycles. The predicted molar refractivity (Wildman–Crippen MR) is 139 cm³/mol. The largest absolute Gasteiger partial charge is 0.299 e. The van der Waals surface area contributed by atoms with E-state index < -0.39 is 0 Å². The van der Waals surface area contributed by atoms with Crippen LogP contribution < -0.4 is 0 Å². The molecule has 0 bridgehead atoms. The lowest BCUT2D eigenvalue weighted by Crippen LogP contribution is -2.31.